The lowest BCUT2D eigenvalue weighted by molar-refractivity contribution is 0.0764. The van der Waals surface area contributed by atoms with Crippen LogP contribution < -0.4 is 0 Å². The molecule has 0 saturated heterocycles. The number of carbonyl (C=O) groups excluding carboxylic acids is 1. The fraction of sp³-hybridized carbons (Fsp3) is 0.467. The molecule has 5 heteroatoms. The van der Waals surface area contributed by atoms with E-state index in [1.807, 2.05) is 12.1 Å². The zero-order valence-electron chi connectivity index (χ0n) is 12.0. The normalized spacial score (nSPS) is 20.9. The number of carbonyl (C=O) groups is 1. The van der Waals surface area contributed by atoms with E-state index in [2.05, 4.69) is 12.0 Å². The SMILES string of the molecule is C[C@H]1C[C@H]1c1ccc(CN(C)C(=O)c2ccnn2C)o1. The summed E-state index contributed by atoms with van der Waals surface area (Å²) in [4.78, 5) is 13.9. The minimum absolute atomic E-state index is 0.0530. The van der Waals surface area contributed by atoms with E-state index >= 15 is 0 Å². The highest BCUT2D eigenvalue weighted by Crippen LogP contribution is 2.47. The molecule has 0 unspecified atom stereocenters. The smallest absolute Gasteiger partial charge is 0.272 e. The highest BCUT2D eigenvalue weighted by atomic mass is 16.3. The van der Waals surface area contributed by atoms with Crippen LogP contribution in [0.4, 0.5) is 0 Å². The molecule has 1 aliphatic rings. The molecule has 1 amide bonds. The summed E-state index contributed by atoms with van der Waals surface area (Å²) in [6, 6.07) is 5.72. The Labute approximate surface area is 118 Å². The minimum Gasteiger partial charge on any atom is -0.464 e. The van der Waals surface area contributed by atoms with Gasteiger partial charge in [-0.15, -0.1) is 0 Å². The summed E-state index contributed by atoms with van der Waals surface area (Å²) in [6.45, 7) is 2.70. The summed E-state index contributed by atoms with van der Waals surface area (Å²) in [7, 11) is 3.54. The van der Waals surface area contributed by atoms with Crippen LogP contribution in [0.1, 0.15) is 41.3 Å². The second-order valence-corrected chi connectivity index (χ2v) is 5.62. The van der Waals surface area contributed by atoms with Crippen molar-refractivity contribution in [3.63, 3.8) is 0 Å². The molecule has 0 radical (unpaired) electrons. The zero-order valence-corrected chi connectivity index (χ0v) is 12.0. The largest absolute Gasteiger partial charge is 0.464 e. The molecule has 2 aromatic heterocycles. The van der Waals surface area contributed by atoms with Crippen LogP contribution in [0.5, 0.6) is 0 Å². The third-order valence-electron chi connectivity index (χ3n) is 3.94. The lowest BCUT2D eigenvalue weighted by atomic mass is 10.3. The summed E-state index contributed by atoms with van der Waals surface area (Å²) in [5.74, 6) is 3.12. The Balaban J connectivity index is 1.66. The van der Waals surface area contributed by atoms with Gasteiger partial charge in [-0.25, -0.2) is 0 Å². The molecule has 0 aromatic carbocycles. The molecule has 0 spiro atoms. The molecular weight excluding hydrogens is 254 g/mol. The third-order valence-corrected chi connectivity index (χ3v) is 3.94. The molecule has 1 aliphatic carbocycles. The molecule has 5 nitrogen and oxygen atoms in total. The number of nitrogens with zero attached hydrogens (tertiary/aromatic N) is 3. The maximum absolute atomic E-state index is 12.3. The van der Waals surface area contributed by atoms with E-state index in [1.54, 1.807) is 35.9 Å². The Morgan fingerprint density at radius 3 is 2.85 bits per heavy atom. The quantitative estimate of drug-likeness (QED) is 0.859. The molecule has 20 heavy (non-hydrogen) atoms. The van der Waals surface area contributed by atoms with Gasteiger partial charge in [0.05, 0.1) is 6.54 Å². The van der Waals surface area contributed by atoms with Gasteiger partial charge in [0.15, 0.2) is 0 Å². The van der Waals surface area contributed by atoms with Crippen LogP contribution in [0, 0.1) is 5.92 Å². The van der Waals surface area contributed by atoms with Gasteiger partial charge in [-0.3, -0.25) is 9.48 Å². The number of aryl methyl sites for hydroxylation is 1. The Kier molecular flexibility index (Phi) is 3.12. The van der Waals surface area contributed by atoms with Crippen LogP contribution >= 0.6 is 0 Å². The number of aromatic nitrogens is 2. The van der Waals surface area contributed by atoms with E-state index in [9.17, 15) is 4.79 Å². The Morgan fingerprint density at radius 1 is 1.50 bits per heavy atom. The van der Waals surface area contributed by atoms with Gasteiger partial charge >= 0.3 is 0 Å². The second kappa shape index (κ2) is 4.81. The second-order valence-electron chi connectivity index (χ2n) is 5.62. The summed E-state index contributed by atoms with van der Waals surface area (Å²) >= 11 is 0. The van der Waals surface area contributed by atoms with Gasteiger partial charge < -0.3 is 9.32 Å². The van der Waals surface area contributed by atoms with Gasteiger partial charge in [0.25, 0.3) is 5.91 Å². The lowest BCUT2D eigenvalue weighted by Crippen LogP contribution is -2.27. The van der Waals surface area contributed by atoms with Gasteiger partial charge in [-0.2, -0.15) is 5.10 Å². The fourth-order valence-corrected chi connectivity index (χ4v) is 2.48. The zero-order chi connectivity index (χ0) is 14.3. The van der Waals surface area contributed by atoms with Crippen molar-refractivity contribution in [2.75, 3.05) is 7.05 Å². The number of hydrogen-bond acceptors (Lipinski definition) is 3. The highest BCUT2D eigenvalue weighted by molar-refractivity contribution is 5.92. The van der Waals surface area contributed by atoms with Gasteiger partial charge in [-0.05, 0) is 30.5 Å². The predicted octanol–water partition coefficient (Wildman–Crippen LogP) is 2.41. The molecule has 1 fully saturated rings. The maximum atomic E-state index is 12.3. The van der Waals surface area contributed by atoms with E-state index in [4.69, 9.17) is 4.42 Å². The summed E-state index contributed by atoms with van der Waals surface area (Å²) in [5, 5.41) is 4.02. The first-order valence-electron chi connectivity index (χ1n) is 6.88. The van der Waals surface area contributed by atoms with Crippen LogP contribution in [-0.4, -0.2) is 27.6 Å². The maximum Gasteiger partial charge on any atom is 0.272 e. The van der Waals surface area contributed by atoms with E-state index in [1.165, 1.54) is 6.42 Å². The van der Waals surface area contributed by atoms with Crippen molar-refractivity contribution in [3.05, 3.63) is 41.6 Å². The van der Waals surface area contributed by atoms with E-state index in [-0.39, 0.29) is 5.91 Å². The van der Waals surface area contributed by atoms with Crippen molar-refractivity contribution in [3.8, 4) is 0 Å². The van der Waals surface area contributed by atoms with Crippen molar-refractivity contribution in [1.82, 2.24) is 14.7 Å². The van der Waals surface area contributed by atoms with Crippen LogP contribution in [0.3, 0.4) is 0 Å². The molecule has 0 N–H and O–H groups in total. The molecule has 0 bridgehead atoms. The summed E-state index contributed by atoms with van der Waals surface area (Å²) in [6.07, 6.45) is 2.83. The standard InChI is InChI=1S/C15H19N3O2/c1-10-8-12(10)14-5-4-11(20-14)9-17(2)15(19)13-6-7-16-18(13)3/h4-7,10,12H,8-9H2,1-3H3/t10-,12+/m0/s1. The molecule has 2 aromatic rings. The van der Waals surface area contributed by atoms with Crippen molar-refractivity contribution < 1.29 is 9.21 Å². The first-order valence-corrected chi connectivity index (χ1v) is 6.88. The molecule has 0 aliphatic heterocycles. The highest BCUT2D eigenvalue weighted by Gasteiger charge is 2.36. The van der Waals surface area contributed by atoms with Crippen molar-refractivity contribution in [2.45, 2.75) is 25.8 Å². The van der Waals surface area contributed by atoms with Crippen molar-refractivity contribution >= 4 is 5.91 Å². The van der Waals surface area contributed by atoms with E-state index in [0.717, 1.165) is 17.4 Å². The first kappa shape index (κ1) is 13.0. The topological polar surface area (TPSA) is 51.3 Å². The van der Waals surface area contributed by atoms with Gasteiger partial charge in [0.2, 0.25) is 0 Å². The minimum atomic E-state index is -0.0530. The van der Waals surface area contributed by atoms with Crippen molar-refractivity contribution in [2.24, 2.45) is 13.0 Å². The molecule has 1 saturated carbocycles. The Hall–Kier alpha value is -2.04. The van der Waals surface area contributed by atoms with Crippen LogP contribution in [0.15, 0.2) is 28.8 Å². The average Bonchev–Trinajstić information content (AvgIpc) is 2.81. The van der Waals surface area contributed by atoms with Crippen LogP contribution in [0.25, 0.3) is 0 Å². The van der Waals surface area contributed by atoms with Gasteiger partial charge in [0.1, 0.15) is 17.2 Å². The first-order chi connectivity index (χ1) is 9.56. The lowest BCUT2D eigenvalue weighted by Gasteiger charge is -2.15. The summed E-state index contributed by atoms with van der Waals surface area (Å²) in [5.41, 5.74) is 0.579. The molecule has 2 heterocycles. The number of furan rings is 1. The van der Waals surface area contributed by atoms with Crippen molar-refractivity contribution in [1.29, 1.82) is 0 Å². The van der Waals surface area contributed by atoms with E-state index < -0.39 is 0 Å². The molecule has 106 valence electrons. The average molecular weight is 273 g/mol. The number of rotatable bonds is 4. The Morgan fingerprint density at radius 2 is 2.25 bits per heavy atom. The monoisotopic (exact) mass is 273 g/mol. The van der Waals surface area contributed by atoms with Crippen LogP contribution in [-0.2, 0) is 13.6 Å². The fourth-order valence-electron chi connectivity index (χ4n) is 2.48. The third kappa shape index (κ3) is 2.35. The molecule has 2 atom stereocenters. The molecular formula is C15H19N3O2. The number of hydrogen-bond donors (Lipinski definition) is 0. The summed E-state index contributed by atoms with van der Waals surface area (Å²) < 4.78 is 7.41. The van der Waals surface area contributed by atoms with Gasteiger partial charge in [-0.1, -0.05) is 6.92 Å². The van der Waals surface area contributed by atoms with E-state index in [0.29, 0.717) is 18.2 Å². The van der Waals surface area contributed by atoms with Crippen LogP contribution in [0.2, 0.25) is 0 Å². The number of amides is 1. The molecule has 3 rings (SSSR count). The van der Waals surface area contributed by atoms with Gasteiger partial charge in [0, 0.05) is 26.2 Å². The Bertz CT molecular complexity index is 629. The predicted molar refractivity (Wildman–Crippen MR) is 74.2 cm³/mol.